The van der Waals surface area contributed by atoms with Crippen molar-refractivity contribution in [3.05, 3.63) is 42.2 Å². The molecule has 0 unspecified atom stereocenters. The van der Waals surface area contributed by atoms with Crippen LogP contribution >= 0.6 is 0 Å². The van der Waals surface area contributed by atoms with Gasteiger partial charge in [-0.05, 0) is 12.3 Å². The Kier molecular flexibility index (Phi) is 4.23. The number of pyridine rings is 2. The number of aromatic hydroxyl groups is 1. The summed E-state index contributed by atoms with van der Waals surface area (Å²) in [4.78, 5) is 25.9. The maximum Gasteiger partial charge on any atom is 0.238 e. The van der Waals surface area contributed by atoms with Crippen LogP contribution in [-0.2, 0) is 6.42 Å². The molecule has 1 N–H and O–H groups in total. The first-order chi connectivity index (χ1) is 13.0. The Labute approximate surface area is 155 Å². The molecule has 0 amide bonds. The van der Waals surface area contributed by atoms with Gasteiger partial charge in [0.2, 0.25) is 5.88 Å². The maximum absolute atomic E-state index is 10.2. The van der Waals surface area contributed by atoms with Gasteiger partial charge >= 0.3 is 0 Å². The van der Waals surface area contributed by atoms with Gasteiger partial charge in [0.05, 0.1) is 29.3 Å². The number of hydrogen-bond donors (Lipinski definition) is 1. The fourth-order valence-corrected chi connectivity index (χ4v) is 2.80. The fourth-order valence-electron chi connectivity index (χ4n) is 2.80. The predicted molar refractivity (Wildman–Crippen MR) is 99.9 cm³/mol. The molecule has 0 saturated carbocycles. The zero-order chi connectivity index (χ0) is 19.0. The summed E-state index contributed by atoms with van der Waals surface area (Å²) in [7, 11) is 0. The molecule has 4 heterocycles. The van der Waals surface area contributed by atoms with Gasteiger partial charge in [-0.15, -0.1) is 0 Å². The highest BCUT2D eigenvalue weighted by molar-refractivity contribution is 5.75. The first-order valence-electron chi connectivity index (χ1n) is 8.69. The average molecular weight is 362 g/mol. The van der Waals surface area contributed by atoms with E-state index in [1.54, 1.807) is 12.3 Å². The van der Waals surface area contributed by atoms with Crippen LogP contribution in [0.3, 0.4) is 0 Å². The molecule has 136 valence electrons. The second kappa shape index (κ2) is 6.71. The Balaban J connectivity index is 1.75. The van der Waals surface area contributed by atoms with Gasteiger partial charge in [-0.1, -0.05) is 20.8 Å². The summed E-state index contributed by atoms with van der Waals surface area (Å²) >= 11 is 0. The van der Waals surface area contributed by atoms with Crippen molar-refractivity contribution in [2.45, 2.75) is 33.1 Å². The van der Waals surface area contributed by atoms with Crippen molar-refractivity contribution in [2.75, 3.05) is 0 Å². The van der Waals surface area contributed by atoms with Crippen molar-refractivity contribution in [3.63, 3.8) is 0 Å². The summed E-state index contributed by atoms with van der Waals surface area (Å²) in [6.07, 6.45) is 5.33. The SMILES string of the molecule is CCc1nc2cncnc2cc1Oc1cnc2nc(C(C)C)c(O)cc2n1. The third-order valence-electron chi connectivity index (χ3n) is 4.15. The van der Waals surface area contributed by atoms with Crippen LogP contribution in [-0.4, -0.2) is 35.0 Å². The van der Waals surface area contributed by atoms with E-state index in [1.807, 2.05) is 26.8 Å². The molecule has 0 bridgehead atoms. The molecule has 4 rings (SSSR count). The summed E-state index contributed by atoms with van der Waals surface area (Å²) in [5.41, 5.74) is 3.69. The second-order valence-electron chi connectivity index (χ2n) is 6.41. The standard InChI is InChI=1S/C19H18N6O2/c1-4-11-16(6-12-14(23-11)7-20-9-22-12)27-17-8-21-19-13(24-17)5-15(26)18(25-19)10(2)3/h5-10,26H,4H2,1-3H3. The third-order valence-corrected chi connectivity index (χ3v) is 4.15. The second-order valence-corrected chi connectivity index (χ2v) is 6.41. The Hall–Kier alpha value is -3.42. The molecule has 0 fully saturated rings. The number of ether oxygens (including phenoxy) is 1. The topological polar surface area (TPSA) is 107 Å². The van der Waals surface area contributed by atoms with E-state index in [4.69, 9.17) is 4.74 Å². The lowest BCUT2D eigenvalue weighted by Gasteiger charge is -2.11. The van der Waals surface area contributed by atoms with Crippen LogP contribution in [0.5, 0.6) is 17.4 Å². The molecule has 0 aliphatic rings. The van der Waals surface area contributed by atoms with Crippen molar-refractivity contribution >= 4 is 22.2 Å². The lowest BCUT2D eigenvalue weighted by atomic mass is 10.1. The predicted octanol–water partition coefficient (Wildman–Crippen LogP) is 3.55. The number of hydrogen-bond acceptors (Lipinski definition) is 8. The number of rotatable bonds is 4. The van der Waals surface area contributed by atoms with E-state index in [9.17, 15) is 5.11 Å². The monoisotopic (exact) mass is 362 g/mol. The molecular weight excluding hydrogens is 344 g/mol. The summed E-state index contributed by atoms with van der Waals surface area (Å²) < 4.78 is 5.93. The van der Waals surface area contributed by atoms with E-state index in [1.165, 1.54) is 12.5 Å². The molecule has 0 aliphatic heterocycles. The minimum absolute atomic E-state index is 0.0879. The molecule has 0 aliphatic carbocycles. The molecule has 0 aromatic carbocycles. The van der Waals surface area contributed by atoms with Gasteiger partial charge in [0.25, 0.3) is 0 Å². The molecule has 27 heavy (non-hydrogen) atoms. The molecule has 4 aromatic rings. The van der Waals surface area contributed by atoms with E-state index in [2.05, 4.69) is 29.9 Å². The van der Waals surface area contributed by atoms with Crippen molar-refractivity contribution in [1.82, 2.24) is 29.9 Å². The lowest BCUT2D eigenvalue weighted by Crippen LogP contribution is -2.00. The van der Waals surface area contributed by atoms with Gasteiger partial charge in [0, 0.05) is 12.1 Å². The van der Waals surface area contributed by atoms with Crippen LogP contribution in [0.4, 0.5) is 0 Å². The van der Waals surface area contributed by atoms with Crippen LogP contribution in [0.1, 0.15) is 38.1 Å². The Morgan fingerprint density at radius 1 is 1.00 bits per heavy atom. The number of aromatic nitrogens is 6. The minimum atomic E-state index is 0.0879. The fraction of sp³-hybridized carbons (Fsp3) is 0.263. The maximum atomic E-state index is 10.2. The van der Waals surface area contributed by atoms with Crippen LogP contribution in [0.25, 0.3) is 22.2 Å². The van der Waals surface area contributed by atoms with E-state index in [0.29, 0.717) is 45.9 Å². The molecule has 0 atom stereocenters. The largest absolute Gasteiger partial charge is 0.506 e. The first-order valence-corrected chi connectivity index (χ1v) is 8.69. The first kappa shape index (κ1) is 17.0. The quantitative estimate of drug-likeness (QED) is 0.587. The summed E-state index contributed by atoms with van der Waals surface area (Å²) in [5.74, 6) is 1.05. The van der Waals surface area contributed by atoms with Crippen LogP contribution in [0.15, 0.2) is 30.9 Å². The van der Waals surface area contributed by atoms with E-state index >= 15 is 0 Å². The van der Waals surface area contributed by atoms with Gasteiger partial charge < -0.3 is 9.84 Å². The minimum Gasteiger partial charge on any atom is -0.506 e. The average Bonchev–Trinajstić information content (AvgIpc) is 2.66. The van der Waals surface area contributed by atoms with Gasteiger partial charge in [-0.3, -0.25) is 0 Å². The van der Waals surface area contributed by atoms with E-state index in [-0.39, 0.29) is 11.7 Å². The smallest absolute Gasteiger partial charge is 0.238 e. The highest BCUT2D eigenvalue weighted by Gasteiger charge is 2.14. The zero-order valence-electron chi connectivity index (χ0n) is 15.2. The lowest BCUT2D eigenvalue weighted by molar-refractivity contribution is 0.453. The third kappa shape index (κ3) is 3.21. The van der Waals surface area contributed by atoms with Crippen LogP contribution in [0.2, 0.25) is 0 Å². The highest BCUT2D eigenvalue weighted by atomic mass is 16.5. The number of fused-ring (bicyclic) bond motifs is 2. The summed E-state index contributed by atoms with van der Waals surface area (Å²) in [6, 6.07) is 3.37. The van der Waals surface area contributed by atoms with E-state index < -0.39 is 0 Å². The molecule has 0 radical (unpaired) electrons. The summed E-state index contributed by atoms with van der Waals surface area (Å²) in [5, 5.41) is 10.2. The van der Waals surface area contributed by atoms with Gasteiger partial charge in [0.15, 0.2) is 11.4 Å². The Morgan fingerprint density at radius 2 is 1.85 bits per heavy atom. The van der Waals surface area contributed by atoms with Gasteiger partial charge in [0.1, 0.15) is 23.1 Å². The molecular formula is C19H18N6O2. The molecule has 0 spiro atoms. The van der Waals surface area contributed by atoms with Crippen LogP contribution < -0.4 is 4.74 Å². The molecule has 8 nitrogen and oxygen atoms in total. The van der Waals surface area contributed by atoms with Crippen molar-refractivity contribution < 1.29 is 9.84 Å². The molecule has 8 heteroatoms. The van der Waals surface area contributed by atoms with Crippen molar-refractivity contribution in [1.29, 1.82) is 0 Å². The molecule has 0 saturated heterocycles. The molecule has 4 aromatic heterocycles. The van der Waals surface area contributed by atoms with Crippen LogP contribution in [0, 0.1) is 0 Å². The van der Waals surface area contributed by atoms with Crippen molar-refractivity contribution in [2.24, 2.45) is 0 Å². The van der Waals surface area contributed by atoms with Gasteiger partial charge in [-0.25, -0.2) is 29.9 Å². The number of nitrogens with zero attached hydrogens (tertiary/aromatic N) is 6. The normalized spacial score (nSPS) is 11.4. The Morgan fingerprint density at radius 3 is 2.63 bits per heavy atom. The van der Waals surface area contributed by atoms with Gasteiger partial charge in [-0.2, -0.15) is 0 Å². The Bertz CT molecular complexity index is 1150. The zero-order valence-corrected chi connectivity index (χ0v) is 15.2. The number of aryl methyl sites for hydroxylation is 1. The van der Waals surface area contributed by atoms with Crippen molar-refractivity contribution in [3.8, 4) is 17.4 Å². The van der Waals surface area contributed by atoms with E-state index in [0.717, 1.165) is 5.69 Å². The highest BCUT2D eigenvalue weighted by Crippen LogP contribution is 2.29. The summed E-state index contributed by atoms with van der Waals surface area (Å²) in [6.45, 7) is 5.91.